The van der Waals surface area contributed by atoms with E-state index in [4.69, 9.17) is 9.47 Å². The number of amides is 1. The van der Waals surface area contributed by atoms with Gasteiger partial charge in [0.15, 0.2) is 16.6 Å². The Morgan fingerprint density at radius 3 is 2.68 bits per heavy atom. The zero-order valence-electron chi connectivity index (χ0n) is 15.6. The van der Waals surface area contributed by atoms with Crippen molar-refractivity contribution < 1.29 is 18.7 Å². The van der Waals surface area contributed by atoms with Crippen LogP contribution in [-0.4, -0.2) is 56.2 Å². The minimum Gasteiger partial charge on any atom is -0.486 e. The molecule has 28 heavy (non-hydrogen) atoms. The van der Waals surface area contributed by atoms with Gasteiger partial charge in [-0.1, -0.05) is 17.4 Å². The van der Waals surface area contributed by atoms with Crippen LogP contribution in [0.4, 0.5) is 9.52 Å². The number of halogens is 1. The van der Waals surface area contributed by atoms with Crippen molar-refractivity contribution in [3.8, 4) is 11.5 Å². The lowest BCUT2D eigenvalue weighted by Gasteiger charge is -2.23. The third-order valence-electron chi connectivity index (χ3n) is 4.39. The van der Waals surface area contributed by atoms with Crippen LogP contribution >= 0.6 is 11.3 Å². The molecule has 6 nitrogen and oxygen atoms in total. The van der Waals surface area contributed by atoms with Gasteiger partial charge in [0.1, 0.15) is 24.5 Å². The molecule has 0 atom stereocenters. The van der Waals surface area contributed by atoms with Crippen LogP contribution in [0.5, 0.6) is 11.5 Å². The first-order valence-corrected chi connectivity index (χ1v) is 9.76. The van der Waals surface area contributed by atoms with E-state index in [1.54, 1.807) is 35.2 Å². The first-order chi connectivity index (χ1) is 13.5. The second kappa shape index (κ2) is 7.73. The van der Waals surface area contributed by atoms with Gasteiger partial charge in [0, 0.05) is 18.7 Å². The number of carbonyl (C=O) groups is 1. The Labute approximate surface area is 166 Å². The maximum absolute atomic E-state index is 14.1. The SMILES string of the molecule is CN(C)CCN(C(=O)c1ccc2c(c1)OCCO2)c1nc2c(F)cccc2s1. The van der Waals surface area contributed by atoms with E-state index in [-0.39, 0.29) is 17.2 Å². The Morgan fingerprint density at radius 1 is 1.14 bits per heavy atom. The molecular formula is C20H20FN3O3S. The van der Waals surface area contributed by atoms with Crippen molar-refractivity contribution in [3.63, 3.8) is 0 Å². The van der Waals surface area contributed by atoms with Crippen LogP contribution < -0.4 is 14.4 Å². The van der Waals surface area contributed by atoms with Gasteiger partial charge < -0.3 is 14.4 Å². The molecule has 0 spiro atoms. The van der Waals surface area contributed by atoms with E-state index in [0.29, 0.717) is 53.2 Å². The number of hydrogen-bond acceptors (Lipinski definition) is 6. The van der Waals surface area contributed by atoms with Crippen molar-refractivity contribution in [1.82, 2.24) is 9.88 Å². The molecule has 8 heteroatoms. The predicted molar refractivity (Wildman–Crippen MR) is 107 cm³/mol. The highest BCUT2D eigenvalue weighted by Crippen LogP contribution is 2.34. The zero-order valence-corrected chi connectivity index (χ0v) is 16.5. The average molecular weight is 401 g/mol. The highest BCUT2D eigenvalue weighted by atomic mass is 32.1. The quantitative estimate of drug-likeness (QED) is 0.656. The minimum atomic E-state index is -0.390. The Balaban J connectivity index is 1.70. The van der Waals surface area contributed by atoms with Gasteiger partial charge in [0.25, 0.3) is 5.91 Å². The monoisotopic (exact) mass is 401 g/mol. The molecule has 0 saturated heterocycles. The minimum absolute atomic E-state index is 0.210. The normalized spacial score (nSPS) is 13.1. The molecular weight excluding hydrogens is 381 g/mol. The molecule has 1 aliphatic rings. The van der Waals surface area contributed by atoms with Gasteiger partial charge in [0.05, 0.1) is 4.70 Å². The summed E-state index contributed by atoms with van der Waals surface area (Å²) < 4.78 is 25.9. The van der Waals surface area contributed by atoms with Crippen LogP contribution in [0.25, 0.3) is 10.2 Å². The van der Waals surface area contributed by atoms with E-state index >= 15 is 0 Å². The molecule has 0 aliphatic carbocycles. The van der Waals surface area contributed by atoms with Gasteiger partial charge in [0.2, 0.25) is 0 Å². The van der Waals surface area contributed by atoms with Crippen LogP contribution in [0.15, 0.2) is 36.4 Å². The van der Waals surface area contributed by atoms with Gasteiger partial charge in [-0.3, -0.25) is 9.69 Å². The first kappa shape index (κ1) is 18.6. The van der Waals surface area contributed by atoms with E-state index in [1.165, 1.54) is 17.4 Å². The van der Waals surface area contributed by atoms with Gasteiger partial charge in [-0.05, 0) is 44.4 Å². The summed E-state index contributed by atoms with van der Waals surface area (Å²) in [5.41, 5.74) is 0.759. The van der Waals surface area contributed by atoms with E-state index < -0.39 is 0 Å². The summed E-state index contributed by atoms with van der Waals surface area (Å²) in [6.45, 7) is 2.02. The smallest absolute Gasteiger partial charge is 0.260 e. The second-order valence-electron chi connectivity index (χ2n) is 6.70. The number of fused-ring (bicyclic) bond motifs is 2. The molecule has 2 heterocycles. The van der Waals surface area contributed by atoms with Gasteiger partial charge in [-0.25, -0.2) is 9.37 Å². The fourth-order valence-electron chi connectivity index (χ4n) is 2.93. The molecule has 0 saturated carbocycles. The Bertz CT molecular complexity index is 1020. The Morgan fingerprint density at radius 2 is 1.93 bits per heavy atom. The molecule has 0 N–H and O–H groups in total. The van der Waals surface area contributed by atoms with E-state index in [1.807, 2.05) is 19.0 Å². The van der Waals surface area contributed by atoms with Crippen LogP contribution in [0, 0.1) is 5.82 Å². The highest BCUT2D eigenvalue weighted by Gasteiger charge is 2.24. The summed E-state index contributed by atoms with van der Waals surface area (Å²) in [6.07, 6.45) is 0. The van der Waals surface area contributed by atoms with Crippen molar-refractivity contribution in [2.24, 2.45) is 0 Å². The lowest BCUT2D eigenvalue weighted by Crippen LogP contribution is -2.36. The summed E-state index contributed by atoms with van der Waals surface area (Å²) >= 11 is 1.30. The predicted octanol–water partition coefficient (Wildman–Crippen LogP) is 3.42. The molecule has 146 valence electrons. The van der Waals surface area contributed by atoms with Gasteiger partial charge in [-0.15, -0.1) is 0 Å². The van der Waals surface area contributed by atoms with Crippen LogP contribution in [0.2, 0.25) is 0 Å². The Hall–Kier alpha value is -2.71. The number of hydrogen-bond donors (Lipinski definition) is 0. The summed E-state index contributed by atoms with van der Waals surface area (Å²) in [7, 11) is 3.87. The highest BCUT2D eigenvalue weighted by molar-refractivity contribution is 7.22. The van der Waals surface area contributed by atoms with Crippen molar-refractivity contribution in [1.29, 1.82) is 0 Å². The molecule has 0 fully saturated rings. The number of para-hydroxylation sites is 1. The fraction of sp³-hybridized carbons (Fsp3) is 0.300. The first-order valence-electron chi connectivity index (χ1n) is 8.94. The molecule has 1 aromatic heterocycles. The Kier molecular flexibility index (Phi) is 5.15. The van der Waals surface area contributed by atoms with Crippen molar-refractivity contribution in [2.45, 2.75) is 0 Å². The van der Waals surface area contributed by atoms with Gasteiger partial charge in [-0.2, -0.15) is 0 Å². The third-order valence-corrected chi connectivity index (χ3v) is 5.44. The molecule has 0 radical (unpaired) electrons. The lowest BCUT2D eigenvalue weighted by atomic mass is 10.1. The van der Waals surface area contributed by atoms with E-state index in [0.717, 1.165) is 0 Å². The molecule has 0 unspecified atom stereocenters. The second-order valence-corrected chi connectivity index (χ2v) is 7.71. The summed E-state index contributed by atoms with van der Waals surface area (Å²) in [6, 6.07) is 9.97. The number of thiazole rings is 1. The van der Waals surface area contributed by atoms with Gasteiger partial charge >= 0.3 is 0 Å². The maximum atomic E-state index is 14.1. The number of benzene rings is 2. The molecule has 1 amide bonds. The van der Waals surface area contributed by atoms with Crippen LogP contribution in [-0.2, 0) is 0 Å². The molecule has 0 bridgehead atoms. The van der Waals surface area contributed by atoms with Crippen molar-refractivity contribution in [3.05, 3.63) is 47.8 Å². The van der Waals surface area contributed by atoms with Crippen molar-refractivity contribution >= 4 is 32.6 Å². The molecule has 1 aliphatic heterocycles. The maximum Gasteiger partial charge on any atom is 0.260 e. The fourth-order valence-corrected chi connectivity index (χ4v) is 3.94. The van der Waals surface area contributed by atoms with E-state index in [2.05, 4.69) is 4.98 Å². The number of aromatic nitrogens is 1. The summed E-state index contributed by atoms with van der Waals surface area (Å²) in [4.78, 5) is 21.3. The molecule has 4 rings (SSSR count). The number of carbonyl (C=O) groups excluding carboxylic acids is 1. The standard InChI is InChI=1S/C20H20FN3O3S/c1-23(2)8-9-24(20-22-18-14(21)4-3-5-17(18)28-20)19(25)13-6-7-15-16(12-13)27-11-10-26-15/h3-7,12H,8-11H2,1-2H3. The van der Waals surface area contributed by atoms with Crippen LogP contribution in [0.1, 0.15) is 10.4 Å². The largest absolute Gasteiger partial charge is 0.486 e. The summed E-state index contributed by atoms with van der Waals surface area (Å²) in [5.74, 6) is 0.585. The van der Waals surface area contributed by atoms with Crippen LogP contribution in [0.3, 0.4) is 0 Å². The topological polar surface area (TPSA) is 54.9 Å². The number of ether oxygens (including phenoxy) is 2. The molecule has 2 aromatic carbocycles. The lowest BCUT2D eigenvalue weighted by molar-refractivity contribution is 0.0984. The number of anilines is 1. The number of nitrogens with zero attached hydrogens (tertiary/aromatic N) is 3. The van der Waals surface area contributed by atoms with E-state index in [9.17, 15) is 9.18 Å². The van der Waals surface area contributed by atoms with Crippen molar-refractivity contribution in [2.75, 3.05) is 45.3 Å². The zero-order chi connectivity index (χ0) is 19.7. The molecule has 3 aromatic rings. The third kappa shape index (κ3) is 3.65. The summed E-state index contributed by atoms with van der Waals surface area (Å²) in [5, 5.41) is 0.474. The average Bonchev–Trinajstić information content (AvgIpc) is 3.12. The number of rotatable bonds is 5. The number of likely N-dealkylation sites (N-methyl/N-ethyl adjacent to an activating group) is 1.